The Hall–Kier alpha value is -2.91. The van der Waals surface area contributed by atoms with Gasteiger partial charge in [0.15, 0.2) is 0 Å². The van der Waals surface area contributed by atoms with Gasteiger partial charge in [-0.15, -0.1) is 0 Å². The van der Waals surface area contributed by atoms with E-state index in [9.17, 15) is 18.0 Å². The Morgan fingerprint density at radius 3 is 2.16 bits per heavy atom. The number of carbonyl (C=O) groups is 2. The Morgan fingerprint density at radius 2 is 1.58 bits per heavy atom. The van der Waals surface area contributed by atoms with Crippen LogP contribution in [-0.2, 0) is 19.6 Å². The molecule has 1 aliphatic rings. The van der Waals surface area contributed by atoms with Gasteiger partial charge in [-0.2, -0.15) is 4.72 Å². The first-order valence-electron chi connectivity index (χ1n) is 10.2. The molecule has 0 radical (unpaired) electrons. The van der Waals surface area contributed by atoms with E-state index in [-0.39, 0.29) is 10.8 Å². The fraction of sp³-hybridized carbons (Fsp3) is 0.364. The van der Waals surface area contributed by atoms with Crippen LogP contribution in [0.25, 0.3) is 0 Å². The van der Waals surface area contributed by atoms with Gasteiger partial charge >= 0.3 is 0 Å². The largest absolute Gasteiger partial charge is 0.371 e. The molecule has 0 saturated carbocycles. The Bertz CT molecular complexity index is 1060. The SMILES string of the molecule is CC(=O)Nc1ccc(S(=O)(=O)N[C@@H](C)C(=O)Nc2ccc(N3CCCC3)c(C)c2)cc1. The number of nitrogens with one attached hydrogen (secondary N) is 3. The summed E-state index contributed by atoms with van der Waals surface area (Å²) in [4.78, 5) is 26.0. The van der Waals surface area contributed by atoms with Crippen molar-refractivity contribution in [2.45, 2.75) is 44.6 Å². The van der Waals surface area contributed by atoms with Crippen molar-refractivity contribution < 1.29 is 18.0 Å². The summed E-state index contributed by atoms with van der Waals surface area (Å²) in [6.07, 6.45) is 2.37. The van der Waals surface area contributed by atoms with Gasteiger partial charge in [0.1, 0.15) is 0 Å². The summed E-state index contributed by atoms with van der Waals surface area (Å²) >= 11 is 0. The molecule has 1 atom stereocenters. The molecule has 0 bridgehead atoms. The summed E-state index contributed by atoms with van der Waals surface area (Å²) in [5.41, 5.74) is 3.33. The molecule has 0 aliphatic carbocycles. The Morgan fingerprint density at radius 1 is 0.968 bits per heavy atom. The second-order valence-electron chi connectivity index (χ2n) is 7.73. The topological polar surface area (TPSA) is 108 Å². The number of nitrogens with zero attached hydrogens (tertiary/aromatic N) is 1. The zero-order chi connectivity index (χ0) is 22.6. The zero-order valence-electron chi connectivity index (χ0n) is 17.9. The van der Waals surface area contributed by atoms with Gasteiger partial charge in [-0.1, -0.05) is 0 Å². The lowest BCUT2D eigenvalue weighted by molar-refractivity contribution is -0.117. The number of aryl methyl sites for hydroxylation is 1. The zero-order valence-corrected chi connectivity index (χ0v) is 18.8. The maximum Gasteiger partial charge on any atom is 0.242 e. The normalized spacial score (nSPS) is 14.9. The van der Waals surface area contributed by atoms with E-state index in [0.717, 1.165) is 24.3 Å². The molecule has 166 valence electrons. The molecule has 31 heavy (non-hydrogen) atoms. The lowest BCUT2D eigenvalue weighted by Crippen LogP contribution is -2.41. The molecule has 9 heteroatoms. The van der Waals surface area contributed by atoms with Crippen molar-refractivity contribution in [1.82, 2.24) is 4.72 Å². The molecule has 0 spiro atoms. The van der Waals surface area contributed by atoms with Gasteiger partial charge in [0, 0.05) is 37.1 Å². The average molecular weight is 445 g/mol. The first kappa shape index (κ1) is 22.8. The van der Waals surface area contributed by atoms with E-state index in [2.05, 4.69) is 20.3 Å². The van der Waals surface area contributed by atoms with Gasteiger partial charge in [0.2, 0.25) is 21.8 Å². The van der Waals surface area contributed by atoms with Gasteiger partial charge in [0.05, 0.1) is 10.9 Å². The van der Waals surface area contributed by atoms with Crippen LogP contribution in [-0.4, -0.2) is 39.4 Å². The van der Waals surface area contributed by atoms with Crippen LogP contribution in [0, 0.1) is 6.92 Å². The molecule has 1 fully saturated rings. The van der Waals surface area contributed by atoms with Crippen LogP contribution >= 0.6 is 0 Å². The molecular weight excluding hydrogens is 416 g/mol. The minimum absolute atomic E-state index is 0.00654. The number of rotatable bonds is 7. The summed E-state index contributed by atoms with van der Waals surface area (Å²) in [6, 6.07) is 10.5. The first-order valence-corrected chi connectivity index (χ1v) is 11.7. The second-order valence-corrected chi connectivity index (χ2v) is 9.45. The predicted molar refractivity (Wildman–Crippen MR) is 122 cm³/mol. The van der Waals surface area contributed by atoms with Crippen molar-refractivity contribution in [1.29, 1.82) is 0 Å². The van der Waals surface area contributed by atoms with Gasteiger partial charge in [-0.25, -0.2) is 8.42 Å². The summed E-state index contributed by atoms with van der Waals surface area (Å²) in [5, 5.41) is 5.35. The van der Waals surface area contributed by atoms with Crippen LogP contribution < -0.4 is 20.3 Å². The van der Waals surface area contributed by atoms with E-state index in [4.69, 9.17) is 0 Å². The number of sulfonamides is 1. The molecule has 1 aliphatic heterocycles. The quantitative estimate of drug-likeness (QED) is 0.609. The third-order valence-electron chi connectivity index (χ3n) is 5.12. The highest BCUT2D eigenvalue weighted by Crippen LogP contribution is 2.26. The van der Waals surface area contributed by atoms with Crippen LogP contribution in [0.1, 0.15) is 32.3 Å². The van der Waals surface area contributed by atoms with E-state index < -0.39 is 22.0 Å². The molecule has 0 unspecified atom stereocenters. The molecule has 3 N–H and O–H groups in total. The number of benzene rings is 2. The van der Waals surface area contributed by atoms with Crippen molar-refractivity contribution in [3.05, 3.63) is 48.0 Å². The van der Waals surface area contributed by atoms with Crippen LogP contribution in [0.15, 0.2) is 47.4 Å². The van der Waals surface area contributed by atoms with Crippen molar-refractivity contribution in [2.24, 2.45) is 0 Å². The van der Waals surface area contributed by atoms with Crippen LogP contribution in [0.4, 0.5) is 17.1 Å². The minimum Gasteiger partial charge on any atom is -0.371 e. The molecular formula is C22H28N4O4S. The minimum atomic E-state index is -3.90. The third-order valence-corrected chi connectivity index (χ3v) is 6.68. The standard InChI is InChI=1S/C22H28N4O4S/c1-15-14-19(8-11-21(15)26-12-4-5-13-26)24-22(28)16(2)25-31(29,30)20-9-6-18(7-10-20)23-17(3)27/h6-11,14,16,25H,4-5,12-13H2,1-3H3,(H,23,27)(H,24,28)/t16-/m0/s1. The third kappa shape index (κ3) is 5.83. The lowest BCUT2D eigenvalue weighted by Gasteiger charge is -2.21. The maximum absolute atomic E-state index is 12.6. The predicted octanol–water partition coefficient (Wildman–Crippen LogP) is 2.86. The number of hydrogen-bond acceptors (Lipinski definition) is 5. The van der Waals surface area contributed by atoms with E-state index in [0.29, 0.717) is 11.4 Å². The van der Waals surface area contributed by atoms with Crippen LogP contribution in [0.5, 0.6) is 0 Å². The fourth-order valence-corrected chi connectivity index (χ4v) is 4.77. The van der Waals surface area contributed by atoms with Gasteiger partial charge < -0.3 is 15.5 Å². The van der Waals surface area contributed by atoms with E-state index >= 15 is 0 Å². The maximum atomic E-state index is 12.6. The number of carbonyl (C=O) groups excluding carboxylic acids is 2. The highest BCUT2D eigenvalue weighted by Gasteiger charge is 2.22. The average Bonchev–Trinajstić information content (AvgIpc) is 3.22. The number of anilines is 3. The summed E-state index contributed by atoms with van der Waals surface area (Å²) in [6.45, 7) is 6.94. The van der Waals surface area contributed by atoms with Gasteiger partial charge in [-0.05, 0) is 74.7 Å². The fourth-order valence-electron chi connectivity index (χ4n) is 3.57. The molecule has 8 nitrogen and oxygen atoms in total. The number of amides is 2. The van der Waals surface area contributed by atoms with E-state index in [1.807, 2.05) is 25.1 Å². The smallest absolute Gasteiger partial charge is 0.242 e. The highest BCUT2D eigenvalue weighted by atomic mass is 32.2. The Kier molecular flexibility index (Phi) is 6.97. The van der Waals surface area contributed by atoms with Crippen molar-refractivity contribution in [3.63, 3.8) is 0 Å². The molecule has 1 saturated heterocycles. The summed E-state index contributed by atoms with van der Waals surface area (Å²) < 4.78 is 27.6. The van der Waals surface area contributed by atoms with E-state index in [1.54, 1.807) is 0 Å². The Labute approximate surface area is 183 Å². The molecule has 2 aromatic carbocycles. The molecule has 2 aromatic rings. The first-order chi connectivity index (χ1) is 14.7. The van der Waals surface area contributed by atoms with Crippen LogP contribution in [0.2, 0.25) is 0 Å². The van der Waals surface area contributed by atoms with Gasteiger partial charge in [0.25, 0.3) is 0 Å². The van der Waals surface area contributed by atoms with Gasteiger partial charge in [-0.3, -0.25) is 9.59 Å². The monoisotopic (exact) mass is 444 g/mol. The van der Waals surface area contributed by atoms with Crippen molar-refractivity contribution in [2.75, 3.05) is 28.6 Å². The Balaban J connectivity index is 1.63. The van der Waals surface area contributed by atoms with Crippen molar-refractivity contribution >= 4 is 38.9 Å². The molecule has 3 rings (SSSR count). The summed E-state index contributed by atoms with van der Waals surface area (Å²) in [5.74, 6) is -0.700. The molecule has 2 amide bonds. The lowest BCUT2D eigenvalue weighted by atomic mass is 10.1. The van der Waals surface area contributed by atoms with Crippen molar-refractivity contribution in [3.8, 4) is 0 Å². The second kappa shape index (κ2) is 9.49. The molecule has 0 aromatic heterocycles. The summed E-state index contributed by atoms with van der Waals surface area (Å²) in [7, 11) is -3.90. The van der Waals surface area contributed by atoms with Crippen LogP contribution in [0.3, 0.4) is 0 Å². The van der Waals surface area contributed by atoms with E-state index in [1.165, 1.54) is 51.0 Å². The molecule has 1 heterocycles. The number of hydrogen-bond donors (Lipinski definition) is 3. The highest BCUT2D eigenvalue weighted by molar-refractivity contribution is 7.89.